The molecular formula is C13H15NOS2. The van der Waals surface area contributed by atoms with Crippen molar-refractivity contribution < 1.29 is 4.74 Å². The van der Waals surface area contributed by atoms with Gasteiger partial charge in [0.05, 0.1) is 17.3 Å². The van der Waals surface area contributed by atoms with Crippen LogP contribution in [0.1, 0.15) is 10.1 Å². The number of ether oxygens (including phenoxy) is 1. The zero-order valence-electron chi connectivity index (χ0n) is 9.63. The second kappa shape index (κ2) is 6.10. The summed E-state index contributed by atoms with van der Waals surface area (Å²) in [4.78, 5) is 2.45. The molecule has 0 aliphatic heterocycles. The SMILES string of the molecule is COc1ccccc1SC(CN)c1cccs1. The van der Waals surface area contributed by atoms with Gasteiger partial charge in [-0.3, -0.25) is 0 Å². The zero-order valence-corrected chi connectivity index (χ0v) is 11.3. The van der Waals surface area contributed by atoms with E-state index in [0.29, 0.717) is 11.8 Å². The maximum atomic E-state index is 5.85. The molecule has 0 saturated heterocycles. The van der Waals surface area contributed by atoms with Crippen LogP contribution in [0.15, 0.2) is 46.7 Å². The molecule has 0 aliphatic rings. The van der Waals surface area contributed by atoms with Crippen LogP contribution in [0.4, 0.5) is 0 Å². The van der Waals surface area contributed by atoms with Crippen LogP contribution >= 0.6 is 23.1 Å². The molecule has 2 N–H and O–H groups in total. The van der Waals surface area contributed by atoms with Gasteiger partial charge in [-0.05, 0) is 23.6 Å². The Labute approximate surface area is 110 Å². The van der Waals surface area contributed by atoms with E-state index in [-0.39, 0.29) is 0 Å². The topological polar surface area (TPSA) is 35.2 Å². The van der Waals surface area contributed by atoms with Crippen molar-refractivity contribution in [1.29, 1.82) is 0 Å². The highest BCUT2D eigenvalue weighted by Gasteiger charge is 2.14. The summed E-state index contributed by atoms with van der Waals surface area (Å²) >= 11 is 3.50. The molecule has 1 atom stereocenters. The van der Waals surface area contributed by atoms with E-state index in [1.165, 1.54) is 4.88 Å². The normalized spacial score (nSPS) is 12.4. The molecular weight excluding hydrogens is 250 g/mol. The molecule has 0 saturated carbocycles. The quantitative estimate of drug-likeness (QED) is 0.840. The Bertz CT molecular complexity index is 456. The fraction of sp³-hybridized carbons (Fsp3) is 0.231. The molecule has 1 heterocycles. The van der Waals surface area contributed by atoms with Gasteiger partial charge < -0.3 is 10.5 Å². The second-order valence-electron chi connectivity index (χ2n) is 3.51. The van der Waals surface area contributed by atoms with Gasteiger partial charge in [0.2, 0.25) is 0 Å². The molecule has 0 amide bonds. The standard InChI is InChI=1S/C13H15NOS2/c1-15-10-5-2-3-6-11(10)17-13(9-14)12-7-4-8-16-12/h2-8,13H,9,14H2,1H3. The zero-order chi connectivity index (χ0) is 12.1. The van der Waals surface area contributed by atoms with E-state index in [4.69, 9.17) is 10.5 Å². The van der Waals surface area contributed by atoms with Crippen LogP contribution < -0.4 is 10.5 Å². The average molecular weight is 265 g/mol. The largest absolute Gasteiger partial charge is 0.496 e. The maximum Gasteiger partial charge on any atom is 0.132 e. The maximum absolute atomic E-state index is 5.85. The minimum absolute atomic E-state index is 0.297. The number of para-hydroxylation sites is 1. The summed E-state index contributed by atoms with van der Waals surface area (Å²) in [6.45, 7) is 0.628. The third-order valence-corrected chi connectivity index (χ3v) is 4.87. The van der Waals surface area contributed by atoms with E-state index in [1.54, 1.807) is 30.2 Å². The molecule has 1 aromatic heterocycles. The molecule has 2 aromatic rings. The number of hydrogen-bond acceptors (Lipinski definition) is 4. The van der Waals surface area contributed by atoms with E-state index < -0.39 is 0 Å². The van der Waals surface area contributed by atoms with Crippen LogP contribution in [-0.4, -0.2) is 13.7 Å². The summed E-state index contributed by atoms with van der Waals surface area (Å²) in [6, 6.07) is 12.2. The van der Waals surface area contributed by atoms with Crippen LogP contribution in [0, 0.1) is 0 Å². The molecule has 1 aromatic carbocycles. The van der Waals surface area contributed by atoms with Crippen molar-refractivity contribution >= 4 is 23.1 Å². The van der Waals surface area contributed by atoms with Gasteiger partial charge in [0.15, 0.2) is 0 Å². The molecule has 0 spiro atoms. The smallest absolute Gasteiger partial charge is 0.132 e. The van der Waals surface area contributed by atoms with Crippen LogP contribution in [-0.2, 0) is 0 Å². The predicted molar refractivity (Wildman–Crippen MR) is 75.0 cm³/mol. The number of benzene rings is 1. The molecule has 0 radical (unpaired) electrons. The fourth-order valence-electron chi connectivity index (χ4n) is 1.57. The van der Waals surface area contributed by atoms with Crippen molar-refractivity contribution in [3.8, 4) is 5.75 Å². The van der Waals surface area contributed by atoms with Gasteiger partial charge in [-0.2, -0.15) is 0 Å². The predicted octanol–water partition coefficient (Wildman–Crippen LogP) is 3.55. The third-order valence-electron chi connectivity index (χ3n) is 2.41. The number of hydrogen-bond donors (Lipinski definition) is 1. The Morgan fingerprint density at radius 1 is 1.29 bits per heavy atom. The van der Waals surface area contributed by atoms with Crippen molar-refractivity contribution in [3.05, 3.63) is 46.7 Å². The van der Waals surface area contributed by atoms with Crippen molar-refractivity contribution in [1.82, 2.24) is 0 Å². The molecule has 17 heavy (non-hydrogen) atoms. The average Bonchev–Trinajstić information content (AvgIpc) is 2.90. The van der Waals surface area contributed by atoms with E-state index in [1.807, 2.05) is 18.2 Å². The highest BCUT2D eigenvalue weighted by molar-refractivity contribution is 7.99. The summed E-state index contributed by atoms with van der Waals surface area (Å²) in [7, 11) is 1.70. The van der Waals surface area contributed by atoms with E-state index >= 15 is 0 Å². The lowest BCUT2D eigenvalue weighted by Gasteiger charge is -2.14. The van der Waals surface area contributed by atoms with E-state index in [9.17, 15) is 0 Å². The first-order chi connectivity index (χ1) is 8.35. The first kappa shape index (κ1) is 12.5. The fourth-order valence-corrected chi connectivity index (χ4v) is 3.62. The first-order valence-corrected chi connectivity index (χ1v) is 7.14. The van der Waals surface area contributed by atoms with Gasteiger partial charge in [-0.25, -0.2) is 0 Å². The lowest BCUT2D eigenvalue weighted by Crippen LogP contribution is -2.08. The van der Waals surface area contributed by atoms with Gasteiger partial charge in [0.25, 0.3) is 0 Å². The van der Waals surface area contributed by atoms with E-state index in [2.05, 4.69) is 23.6 Å². The summed E-state index contributed by atoms with van der Waals surface area (Å²) in [5.74, 6) is 0.910. The van der Waals surface area contributed by atoms with Gasteiger partial charge in [-0.15, -0.1) is 23.1 Å². The summed E-state index contributed by atoms with van der Waals surface area (Å²) in [5.41, 5.74) is 5.85. The molecule has 90 valence electrons. The lowest BCUT2D eigenvalue weighted by molar-refractivity contribution is 0.405. The third kappa shape index (κ3) is 3.03. The Morgan fingerprint density at radius 3 is 2.76 bits per heavy atom. The van der Waals surface area contributed by atoms with Gasteiger partial charge in [0, 0.05) is 11.4 Å². The second-order valence-corrected chi connectivity index (χ2v) is 5.73. The van der Waals surface area contributed by atoms with Gasteiger partial charge in [-0.1, -0.05) is 18.2 Å². The minimum atomic E-state index is 0.297. The summed E-state index contributed by atoms with van der Waals surface area (Å²) in [6.07, 6.45) is 0. The van der Waals surface area contributed by atoms with Crippen LogP contribution in [0.2, 0.25) is 0 Å². The highest BCUT2D eigenvalue weighted by Crippen LogP contribution is 2.40. The van der Waals surface area contributed by atoms with Crippen molar-refractivity contribution in [3.63, 3.8) is 0 Å². The molecule has 2 rings (SSSR count). The molecule has 0 bridgehead atoms. The van der Waals surface area contributed by atoms with Crippen LogP contribution in [0.5, 0.6) is 5.75 Å². The Hall–Kier alpha value is -0.970. The summed E-state index contributed by atoms with van der Waals surface area (Å²) < 4.78 is 5.35. The Morgan fingerprint density at radius 2 is 2.12 bits per heavy atom. The number of thioether (sulfide) groups is 1. The van der Waals surface area contributed by atoms with Crippen molar-refractivity contribution in [2.75, 3.05) is 13.7 Å². The number of rotatable bonds is 5. The van der Waals surface area contributed by atoms with Crippen LogP contribution in [0.3, 0.4) is 0 Å². The number of nitrogens with two attached hydrogens (primary N) is 1. The van der Waals surface area contributed by atoms with Crippen molar-refractivity contribution in [2.24, 2.45) is 5.73 Å². The summed E-state index contributed by atoms with van der Waals surface area (Å²) in [5, 5.41) is 2.38. The molecule has 4 heteroatoms. The number of methoxy groups -OCH3 is 1. The minimum Gasteiger partial charge on any atom is -0.496 e. The van der Waals surface area contributed by atoms with Crippen LogP contribution in [0.25, 0.3) is 0 Å². The van der Waals surface area contributed by atoms with Gasteiger partial charge >= 0.3 is 0 Å². The van der Waals surface area contributed by atoms with E-state index in [0.717, 1.165) is 10.6 Å². The molecule has 1 unspecified atom stereocenters. The first-order valence-electron chi connectivity index (χ1n) is 5.38. The Balaban J connectivity index is 2.18. The lowest BCUT2D eigenvalue weighted by atomic mass is 10.3. The molecule has 0 aliphatic carbocycles. The monoisotopic (exact) mass is 265 g/mol. The van der Waals surface area contributed by atoms with Crippen molar-refractivity contribution in [2.45, 2.75) is 10.1 Å². The number of thiophene rings is 1. The Kier molecular flexibility index (Phi) is 4.48. The highest BCUT2D eigenvalue weighted by atomic mass is 32.2. The molecule has 0 fully saturated rings. The van der Waals surface area contributed by atoms with Gasteiger partial charge in [0.1, 0.15) is 5.75 Å². The molecule has 2 nitrogen and oxygen atoms in total.